The molecule has 0 fully saturated rings. The predicted octanol–water partition coefficient (Wildman–Crippen LogP) is 4.65. The smallest absolute Gasteiger partial charge is 0.249 e. The molecule has 4 aromatic rings. The summed E-state index contributed by atoms with van der Waals surface area (Å²) in [6.45, 7) is 2.15. The summed E-state index contributed by atoms with van der Waals surface area (Å²) in [5.74, 6) is 0.953. The highest BCUT2D eigenvalue weighted by Crippen LogP contribution is 2.30. The second-order valence-electron chi connectivity index (χ2n) is 6.10. The Hall–Kier alpha value is -2.93. The molecule has 6 nitrogen and oxygen atoms in total. The van der Waals surface area contributed by atoms with Crippen molar-refractivity contribution in [2.75, 3.05) is 5.32 Å². The maximum absolute atomic E-state index is 12.5. The summed E-state index contributed by atoms with van der Waals surface area (Å²) >= 11 is 3.39. The van der Waals surface area contributed by atoms with Crippen molar-refractivity contribution in [3.63, 3.8) is 0 Å². The fourth-order valence-electron chi connectivity index (χ4n) is 2.94. The summed E-state index contributed by atoms with van der Waals surface area (Å²) in [6, 6.07) is 15.3. The Morgan fingerprint density at radius 2 is 1.93 bits per heavy atom. The first kappa shape index (κ1) is 17.5. The normalized spacial score (nSPS) is 11.0. The van der Waals surface area contributed by atoms with Gasteiger partial charge in [0, 0.05) is 33.7 Å². The van der Waals surface area contributed by atoms with E-state index in [1.54, 1.807) is 0 Å². The van der Waals surface area contributed by atoms with E-state index < -0.39 is 0 Å². The van der Waals surface area contributed by atoms with Gasteiger partial charge in [-0.1, -0.05) is 41.1 Å². The molecule has 0 bridgehead atoms. The second-order valence-corrected chi connectivity index (χ2v) is 7.01. The van der Waals surface area contributed by atoms with Crippen LogP contribution in [0.3, 0.4) is 0 Å². The van der Waals surface area contributed by atoms with Gasteiger partial charge in [0.1, 0.15) is 6.54 Å². The molecule has 1 N–H and O–H groups in total. The average Bonchev–Trinajstić information content (AvgIpc) is 3.29. The van der Waals surface area contributed by atoms with Gasteiger partial charge in [-0.05, 0) is 30.3 Å². The number of aryl methyl sites for hydroxylation is 1. The summed E-state index contributed by atoms with van der Waals surface area (Å²) < 4.78 is 8.57. The van der Waals surface area contributed by atoms with Crippen LogP contribution in [0.5, 0.6) is 0 Å². The van der Waals surface area contributed by atoms with Crippen LogP contribution < -0.4 is 5.32 Å². The van der Waals surface area contributed by atoms with E-state index >= 15 is 0 Å². The Kier molecular flexibility index (Phi) is 4.77. The number of halogens is 1. The number of benzene rings is 2. The Morgan fingerprint density at radius 3 is 2.67 bits per heavy atom. The molecule has 2 heterocycles. The van der Waals surface area contributed by atoms with E-state index in [-0.39, 0.29) is 12.5 Å². The number of hydrogen-bond acceptors (Lipinski definition) is 4. The third-order valence-corrected chi connectivity index (χ3v) is 4.76. The molecule has 0 saturated heterocycles. The van der Waals surface area contributed by atoms with Crippen molar-refractivity contribution in [1.29, 1.82) is 0 Å². The molecule has 27 heavy (non-hydrogen) atoms. The third-order valence-electron chi connectivity index (χ3n) is 4.23. The molecule has 0 radical (unpaired) electrons. The monoisotopic (exact) mass is 424 g/mol. The predicted molar refractivity (Wildman–Crippen MR) is 107 cm³/mol. The molecule has 0 aliphatic heterocycles. The van der Waals surface area contributed by atoms with Crippen molar-refractivity contribution in [1.82, 2.24) is 14.8 Å². The van der Waals surface area contributed by atoms with Gasteiger partial charge in [0.25, 0.3) is 0 Å². The van der Waals surface area contributed by atoms with E-state index in [4.69, 9.17) is 4.42 Å². The van der Waals surface area contributed by atoms with Crippen molar-refractivity contribution in [2.45, 2.75) is 19.9 Å². The van der Waals surface area contributed by atoms with E-state index in [1.165, 1.54) is 0 Å². The number of rotatable bonds is 5. The molecule has 0 aliphatic rings. The molecular formula is C20H17BrN4O2. The molecule has 0 saturated carbocycles. The van der Waals surface area contributed by atoms with E-state index in [0.29, 0.717) is 18.2 Å². The van der Waals surface area contributed by atoms with Crippen LogP contribution in [-0.2, 0) is 17.8 Å². The summed E-state index contributed by atoms with van der Waals surface area (Å²) in [7, 11) is 0. The number of para-hydroxylation sites is 1. The van der Waals surface area contributed by atoms with E-state index in [1.807, 2.05) is 66.2 Å². The van der Waals surface area contributed by atoms with Crippen molar-refractivity contribution < 1.29 is 9.21 Å². The largest absolute Gasteiger partial charge is 0.421 e. The van der Waals surface area contributed by atoms with Gasteiger partial charge in [-0.3, -0.25) is 4.79 Å². The fourth-order valence-corrected chi connectivity index (χ4v) is 3.21. The molecule has 2 aromatic heterocycles. The lowest BCUT2D eigenvalue weighted by molar-refractivity contribution is -0.116. The highest BCUT2D eigenvalue weighted by Gasteiger charge is 2.16. The number of anilines is 1. The molecule has 1 amide bonds. The zero-order valence-electron chi connectivity index (χ0n) is 14.6. The number of carbonyl (C=O) groups excluding carboxylic acids is 1. The number of fused-ring (bicyclic) bond motifs is 1. The highest BCUT2D eigenvalue weighted by molar-refractivity contribution is 9.10. The molecule has 0 aliphatic carbocycles. The lowest BCUT2D eigenvalue weighted by atomic mass is 10.2. The molecule has 2 aromatic carbocycles. The van der Waals surface area contributed by atoms with Crippen molar-refractivity contribution >= 4 is 38.4 Å². The van der Waals surface area contributed by atoms with Gasteiger partial charge in [0.05, 0.1) is 5.56 Å². The maximum atomic E-state index is 12.5. The van der Waals surface area contributed by atoms with Crippen LogP contribution in [0.2, 0.25) is 0 Å². The van der Waals surface area contributed by atoms with Crippen LogP contribution in [0.15, 0.2) is 63.6 Å². The quantitative estimate of drug-likeness (QED) is 0.505. The first-order chi connectivity index (χ1) is 13.1. The number of aromatic nitrogens is 3. The topological polar surface area (TPSA) is 73.0 Å². The molecule has 0 unspecified atom stereocenters. The van der Waals surface area contributed by atoms with Crippen molar-refractivity contribution in [2.24, 2.45) is 0 Å². The van der Waals surface area contributed by atoms with Crippen LogP contribution in [0.25, 0.3) is 22.4 Å². The first-order valence-electron chi connectivity index (χ1n) is 8.60. The zero-order chi connectivity index (χ0) is 18.8. The summed E-state index contributed by atoms with van der Waals surface area (Å²) in [4.78, 5) is 12.5. The number of carbonyl (C=O) groups is 1. The Balaban J connectivity index is 1.63. The van der Waals surface area contributed by atoms with Crippen molar-refractivity contribution in [3.8, 4) is 11.5 Å². The van der Waals surface area contributed by atoms with Gasteiger partial charge in [-0.25, -0.2) is 0 Å². The summed E-state index contributed by atoms with van der Waals surface area (Å²) in [5, 5.41) is 12.1. The minimum Gasteiger partial charge on any atom is -0.421 e. The minimum absolute atomic E-state index is 0.107. The first-order valence-corrected chi connectivity index (χ1v) is 9.39. The molecular weight excluding hydrogens is 408 g/mol. The molecule has 7 heteroatoms. The zero-order valence-corrected chi connectivity index (χ0v) is 16.2. The van der Waals surface area contributed by atoms with E-state index in [9.17, 15) is 4.79 Å². The molecule has 136 valence electrons. The number of nitrogens with one attached hydrogen (secondary N) is 1. The van der Waals surface area contributed by atoms with Crippen molar-refractivity contribution in [3.05, 3.63) is 65.1 Å². The summed E-state index contributed by atoms with van der Waals surface area (Å²) in [5.41, 5.74) is 2.52. The number of nitrogens with zero attached hydrogens (tertiary/aromatic N) is 3. The highest BCUT2D eigenvalue weighted by atomic mass is 79.9. The SMILES string of the molecule is CCc1nnc(-c2cn(CC(=O)Nc3ccc(Br)cc3)c3ccccc23)o1. The molecule has 0 atom stereocenters. The minimum atomic E-state index is -0.107. The van der Waals surface area contributed by atoms with Gasteiger partial charge in [0.2, 0.25) is 17.7 Å². The summed E-state index contributed by atoms with van der Waals surface area (Å²) in [6.07, 6.45) is 2.57. The second kappa shape index (κ2) is 7.36. The van der Waals surface area contributed by atoms with Gasteiger partial charge in [0.15, 0.2) is 0 Å². The average molecular weight is 425 g/mol. The lowest BCUT2D eigenvalue weighted by Crippen LogP contribution is -2.18. The Labute approximate surface area is 164 Å². The standard InChI is InChI=1S/C20H17BrN4O2/c1-2-19-23-24-20(27-19)16-11-25(17-6-4-3-5-15(16)17)12-18(26)22-14-9-7-13(21)8-10-14/h3-11H,2,12H2,1H3,(H,22,26). The van der Waals surface area contributed by atoms with Gasteiger partial charge in [-0.2, -0.15) is 0 Å². The van der Waals surface area contributed by atoms with Crippen LogP contribution in [0.1, 0.15) is 12.8 Å². The molecule has 4 rings (SSSR count). The lowest BCUT2D eigenvalue weighted by Gasteiger charge is -2.07. The third kappa shape index (κ3) is 3.64. The van der Waals surface area contributed by atoms with Gasteiger partial charge in [-0.15, -0.1) is 10.2 Å². The maximum Gasteiger partial charge on any atom is 0.249 e. The van der Waals surface area contributed by atoms with E-state index in [2.05, 4.69) is 31.4 Å². The number of amides is 1. The Morgan fingerprint density at radius 1 is 1.15 bits per heavy atom. The number of hydrogen-bond donors (Lipinski definition) is 1. The van der Waals surface area contributed by atoms with Crippen LogP contribution in [0.4, 0.5) is 5.69 Å². The fraction of sp³-hybridized carbons (Fsp3) is 0.150. The van der Waals surface area contributed by atoms with Gasteiger partial charge < -0.3 is 14.3 Å². The van der Waals surface area contributed by atoms with Crippen LogP contribution in [-0.4, -0.2) is 20.7 Å². The molecule has 0 spiro atoms. The Bertz CT molecular complexity index is 1100. The van der Waals surface area contributed by atoms with Crippen LogP contribution >= 0.6 is 15.9 Å². The van der Waals surface area contributed by atoms with E-state index in [0.717, 1.165) is 26.6 Å². The van der Waals surface area contributed by atoms with Crippen LogP contribution in [0, 0.1) is 0 Å². The van der Waals surface area contributed by atoms with Gasteiger partial charge >= 0.3 is 0 Å².